The fourth-order valence-corrected chi connectivity index (χ4v) is 4.44. The molecule has 0 radical (unpaired) electrons. The molecule has 3 rings (SSSR count). The summed E-state index contributed by atoms with van der Waals surface area (Å²) in [6.45, 7) is 6.84. The zero-order chi connectivity index (χ0) is 21.9. The number of aromatic nitrogens is 2. The van der Waals surface area contributed by atoms with Crippen molar-refractivity contribution in [2.45, 2.75) is 77.2 Å². The molecule has 30 heavy (non-hydrogen) atoms. The van der Waals surface area contributed by atoms with E-state index in [0.717, 1.165) is 56.4 Å². The monoisotopic (exact) mass is 422 g/mol. The predicted molar refractivity (Wildman–Crippen MR) is 114 cm³/mol. The summed E-state index contributed by atoms with van der Waals surface area (Å²) in [7, 11) is 3.60. The van der Waals surface area contributed by atoms with Crippen LogP contribution in [-0.2, 0) is 11.3 Å². The number of carboxylic acid groups (broad SMARTS) is 1. The van der Waals surface area contributed by atoms with Crippen molar-refractivity contribution >= 4 is 6.09 Å². The van der Waals surface area contributed by atoms with Crippen LogP contribution >= 0.6 is 0 Å². The maximum atomic E-state index is 11.0. The van der Waals surface area contributed by atoms with Crippen LogP contribution in [-0.4, -0.2) is 75.8 Å². The maximum Gasteiger partial charge on any atom is 0.407 e. The minimum Gasteiger partial charge on any atom is -0.465 e. The topological polar surface area (TPSA) is 91.1 Å². The lowest BCUT2D eigenvalue weighted by molar-refractivity contribution is -0.0401. The lowest BCUT2D eigenvalue weighted by Gasteiger charge is -2.39. The lowest BCUT2D eigenvalue weighted by Crippen LogP contribution is -2.36. The molecule has 3 atom stereocenters. The van der Waals surface area contributed by atoms with Crippen LogP contribution in [0.1, 0.15) is 75.8 Å². The molecule has 0 spiro atoms. The number of rotatable bonds is 7. The summed E-state index contributed by atoms with van der Waals surface area (Å²) in [6, 6.07) is 0. The molecule has 1 saturated carbocycles. The normalized spacial score (nSPS) is 26.7. The number of ether oxygens (including phenoxy) is 1. The van der Waals surface area contributed by atoms with Crippen molar-refractivity contribution in [3.05, 3.63) is 17.5 Å². The van der Waals surface area contributed by atoms with Gasteiger partial charge in [0.15, 0.2) is 0 Å². The second kappa shape index (κ2) is 9.66. The van der Waals surface area contributed by atoms with Crippen LogP contribution in [0.5, 0.6) is 0 Å². The standard InChI is InChI=1S/C22H38N4O4/c1-22(2)9-8-16(13-18(22)27)20-17(14-24(3)10-11-25(4)21(28)29)15-26(23-20)19-7-5-6-12-30-19/h15-16,18-19,27H,5-14H2,1-4H3,(H,28,29)/t16?,18-,19?/m1/s1. The molecule has 1 aromatic rings. The molecular weight excluding hydrogens is 384 g/mol. The second-order valence-corrected chi connectivity index (χ2v) is 9.76. The van der Waals surface area contributed by atoms with Gasteiger partial charge in [-0.05, 0) is 51.0 Å². The number of hydrogen-bond donors (Lipinski definition) is 2. The molecule has 2 heterocycles. The third-order valence-corrected chi connectivity index (χ3v) is 6.81. The van der Waals surface area contributed by atoms with E-state index in [4.69, 9.17) is 14.9 Å². The van der Waals surface area contributed by atoms with Crippen LogP contribution in [0, 0.1) is 5.41 Å². The Morgan fingerprint density at radius 1 is 1.30 bits per heavy atom. The van der Waals surface area contributed by atoms with Gasteiger partial charge >= 0.3 is 6.09 Å². The van der Waals surface area contributed by atoms with Gasteiger partial charge in [0.2, 0.25) is 0 Å². The van der Waals surface area contributed by atoms with E-state index in [1.807, 2.05) is 11.7 Å². The Kier molecular flexibility index (Phi) is 7.42. The first kappa shape index (κ1) is 23.0. The zero-order valence-electron chi connectivity index (χ0n) is 18.9. The Morgan fingerprint density at radius 2 is 2.07 bits per heavy atom. The van der Waals surface area contributed by atoms with Gasteiger partial charge in [-0.1, -0.05) is 13.8 Å². The average Bonchev–Trinajstić information content (AvgIpc) is 3.12. The van der Waals surface area contributed by atoms with Crippen molar-refractivity contribution in [1.29, 1.82) is 0 Å². The quantitative estimate of drug-likeness (QED) is 0.701. The van der Waals surface area contributed by atoms with Crippen molar-refractivity contribution in [2.75, 3.05) is 33.8 Å². The summed E-state index contributed by atoms with van der Waals surface area (Å²) in [5, 5.41) is 24.7. The molecule has 1 aromatic heterocycles. The molecule has 1 saturated heterocycles. The molecule has 8 heteroatoms. The van der Waals surface area contributed by atoms with Gasteiger partial charge in [0.05, 0.1) is 11.8 Å². The highest BCUT2D eigenvalue weighted by molar-refractivity contribution is 5.64. The molecule has 170 valence electrons. The van der Waals surface area contributed by atoms with Crippen molar-refractivity contribution in [2.24, 2.45) is 5.41 Å². The fraction of sp³-hybridized carbons (Fsp3) is 0.818. The first-order chi connectivity index (χ1) is 14.2. The summed E-state index contributed by atoms with van der Waals surface area (Å²) in [5.41, 5.74) is 2.17. The number of nitrogens with zero attached hydrogens (tertiary/aromatic N) is 4. The number of likely N-dealkylation sites (N-methyl/N-ethyl adjacent to an activating group) is 2. The smallest absolute Gasteiger partial charge is 0.407 e. The highest BCUT2D eigenvalue weighted by Gasteiger charge is 2.37. The van der Waals surface area contributed by atoms with Crippen molar-refractivity contribution in [3.8, 4) is 0 Å². The van der Waals surface area contributed by atoms with Crippen LogP contribution < -0.4 is 0 Å². The maximum absolute atomic E-state index is 11.0. The number of hydrogen-bond acceptors (Lipinski definition) is 5. The number of carbonyl (C=O) groups is 1. The van der Waals surface area contributed by atoms with Crippen LogP contribution in [0.3, 0.4) is 0 Å². The lowest BCUT2D eigenvalue weighted by atomic mass is 9.70. The van der Waals surface area contributed by atoms with E-state index in [-0.39, 0.29) is 23.7 Å². The summed E-state index contributed by atoms with van der Waals surface area (Å²) in [5.74, 6) is 0.239. The highest BCUT2D eigenvalue weighted by Crippen LogP contribution is 2.43. The Labute approximate surface area is 179 Å². The molecule has 2 aliphatic rings. The Morgan fingerprint density at radius 3 is 2.70 bits per heavy atom. The Bertz CT molecular complexity index is 714. The molecule has 0 bridgehead atoms. The summed E-state index contributed by atoms with van der Waals surface area (Å²) in [4.78, 5) is 14.5. The first-order valence-corrected chi connectivity index (χ1v) is 11.2. The number of aliphatic hydroxyl groups excluding tert-OH is 1. The van der Waals surface area contributed by atoms with Crippen molar-refractivity contribution in [1.82, 2.24) is 19.6 Å². The molecule has 1 aliphatic heterocycles. The minimum absolute atomic E-state index is 0.0142. The van der Waals surface area contributed by atoms with Crippen LogP contribution in [0.2, 0.25) is 0 Å². The van der Waals surface area contributed by atoms with Crippen molar-refractivity contribution < 1.29 is 19.7 Å². The second-order valence-electron chi connectivity index (χ2n) is 9.76. The van der Waals surface area contributed by atoms with Gasteiger partial charge < -0.3 is 24.7 Å². The molecule has 1 aliphatic carbocycles. The van der Waals surface area contributed by atoms with Gasteiger partial charge in [-0.25, -0.2) is 9.48 Å². The molecule has 2 N–H and O–H groups in total. The first-order valence-electron chi connectivity index (χ1n) is 11.2. The Balaban J connectivity index is 1.76. The van der Waals surface area contributed by atoms with E-state index < -0.39 is 6.09 Å². The van der Waals surface area contributed by atoms with Crippen LogP contribution in [0.4, 0.5) is 4.79 Å². The fourth-order valence-electron chi connectivity index (χ4n) is 4.44. The van der Waals surface area contributed by atoms with Gasteiger partial charge in [0.25, 0.3) is 0 Å². The van der Waals surface area contributed by atoms with Gasteiger partial charge in [0, 0.05) is 51.0 Å². The SMILES string of the molecule is CN(CCN(C)C(=O)O)Cc1cn(C2CCCCO2)nc1C1CCC(C)(C)[C@H](O)C1. The molecule has 0 aromatic carbocycles. The van der Waals surface area contributed by atoms with Gasteiger partial charge in [-0.2, -0.15) is 5.10 Å². The minimum atomic E-state index is -0.912. The number of amides is 1. The van der Waals surface area contributed by atoms with Gasteiger partial charge in [-0.3, -0.25) is 0 Å². The van der Waals surface area contributed by atoms with Crippen LogP contribution in [0.25, 0.3) is 0 Å². The van der Waals surface area contributed by atoms with E-state index in [0.29, 0.717) is 19.6 Å². The van der Waals surface area contributed by atoms with E-state index in [1.54, 1.807) is 7.05 Å². The summed E-state index contributed by atoms with van der Waals surface area (Å²) in [6.07, 6.45) is 6.79. The molecule has 1 amide bonds. The Hall–Kier alpha value is -1.64. The van der Waals surface area contributed by atoms with Crippen molar-refractivity contribution in [3.63, 3.8) is 0 Å². The van der Waals surface area contributed by atoms with E-state index in [1.165, 1.54) is 4.90 Å². The average molecular weight is 423 g/mol. The summed E-state index contributed by atoms with van der Waals surface area (Å²) < 4.78 is 7.93. The molecule has 2 unspecified atom stereocenters. The number of aliphatic hydroxyl groups is 1. The van der Waals surface area contributed by atoms with Crippen LogP contribution in [0.15, 0.2) is 6.20 Å². The zero-order valence-corrected chi connectivity index (χ0v) is 18.9. The largest absolute Gasteiger partial charge is 0.465 e. The third-order valence-electron chi connectivity index (χ3n) is 6.81. The van der Waals surface area contributed by atoms with E-state index >= 15 is 0 Å². The molecule has 2 fully saturated rings. The van der Waals surface area contributed by atoms with Gasteiger partial charge in [-0.15, -0.1) is 0 Å². The van der Waals surface area contributed by atoms with Gasteiger partial charge in [0.1, 0.15) is 6.23 Å². The third kappa shape index (κ3) is 5.53. The highest BCUT2D eigenvalue weighted by atomic mass is 16.5. The molecular formula is C22H38N4O4. The summed E-state index contributed by atoms with van der Waals surface area (Å²) >= 11 is 0. The predicted octanol–water partition coefficient (Wildman–Crippen LogP) is 3.28. The van der Waals surface area contributed by atoms with E-state index in [9.17, 15) is 9.90 Å². The van der Waals surface area contributed by atoms with E-state index in [2.05, 4.69) is 24.9 Å². The molecule has 8 nitrogen and oxygen atoms in total.